The second-order valence-electron chi connectivity index (χ2n) is 5.92. The van der Waals surface area contributed by atoms with Crippen LogP contribution in [-0.2, 0) is 16.6 Å². The van der Waals surface area contributed by atoms with Gasteiger partial charge in [0.05, 0.1) is 18.5 Å². The third-order valence-corrected chi connectivity index (χ3v) is 6.20. The van der Waals surface area contributed by atoms with Gasteiger partial charge in [-0.2, -0.15) is 0 Å². The van der Waals surface area contributed by atoms with Gasteiger partial charge < -0.3 is 9.47 Å². The summed E-state index contributed by atoms with van der Waals surface area (Å²) < 4.78 is 38.9. The van der Waals surface area contributed by atoms with Crippen molar-refractivity contribution in [3.63, 3.8) is 0 Å². The second-order valence-corrected chi connectivity index (χ2v) is 7.97. The minimum Gasteiger partial charge on any atom is -0.490 e. The summed E-state index contributed by atoms with van der Waals surface area (Å²) in [6.07, 6.45) is 5.52. The first-order chi connectivity index (χ1) is 10.7. The number of benzene rings is 1. The molecule has 6 heteroatoms. The number of sulfonamides is 1. The van der Waals surface area contributed by atoms with Gasteiger partial charge in [0.15, 0.2) is 11.5 Å². The monoisotopic (exact) mass is 325 g/mol. The number of rotatable bonds is 4. The molecule has 1 N–H and O–H groups in total. The Hall–Kier alpha value is -1.27. The van der Waals surface area contributed by atoms with Gasteiger partial charge in [-0.3, -0.25) is 0 Å². The number of nitrogens with one attached hydrogen (secondary N) is 1. The minimum absolute atomic E-state index is 0.249. The smallest absolute Gasteiger partial charge is 0.214 e. The Balaban J connectivity index is 1.71. The Morgan fingerprint density at radius 2 is 1.82 bits per heavy atom. The maximum absolute atomic E-state index is 12.4. The Kier molecular flexibility index (Phi) is 4.88. The molecule has 3 rings (SSSR count). The van der Waals surface area contributed by atoms with Crippen molar-refractivity contribution in [3.05, 3.63) is 23.8 Å². The molecule has 0 bridgehead atoms. The quantitative estimate of drug-likeness (QED) is 0.924. The molecule has 5 nitrogen and oxygen atoms in total. The Labute approximate surface area is 132 Å². The van der Waals surface area contributed by atoms with E-state index in [0.717, 1.165) is 44.1 Å². The van der Waals surface area contributed by atoms with Crippen molar-refractivity contribution >= 4 is 10.0 Å². The van der Waals surface area contributed by atoms with Gasteiger partial charge in [0, 0.05) is 18.5 Å². The zero-order valence-corrected chi connectivity index (χ0v) is 13.5. The van der Waals surface area contributed by atoms with E-state index in [1.54, 1.807) is 0 Å². The van der Waals surface area contributed by atoms with Gasteiger partial charge in [0.25, 0.3) is 0 Å². The molecule has 1 aliphatic heterocycles. The summed E-state index contributed by atoms with van der Waals surface area (Å²) in [6, 6.07) is 5.62. The minimum atomic E-state index is -3.26. The first-order valence-electron chi connectivity index (χ1n) is 8.03. The van der Waals surface area contributed by atoms with E-state index in [1.165, 1.54) is 0 Å². The zero-order chi connectivity index (χ0) is 15.4. The van der Waals surface area contributed by atoms with E-state index in [2.05, 4.69) is 4.72 Å². The van der Waals surface area contributed by atoms with E-state index in [-0.39, 0.29) is 11.8 Å². The normalized spacial score (nSPS) is 19.6. The molecule has 2 aliphatic rings. The molecule has 0 atom stereocenters. The summed E-state index contributed by atoms with van der Waals surface area (Å²) in [7, 11) is -3.26. The zero-order valence-electron chi connectivity index (χ0n) is 12.7. The summed E-state index contributed by atoms with van der Waals surface area (Å²) in [4.78, 5) is 0. The van der Waals surface area contributed by atoms with Crippen LogP contribution in [-0.4, -0.2) is 26.9 Å². The molecular formula is C16H23NO4S. The number of para-hydroxylation sites is 1. The summed E-state index contributed by atoms with van der Waals surface area (Å²) in [6.45, 7) is 1.48. The largest absolute Gasteiger partial charge is 0.490 e. The van der Waals surface area contributed by atoms with Gasteiger partial charge in [-0.1, -0.05) is 31.4 Å². The molecule has 0 radical (unpaired) electrons. The highest BCUT2D eigenvalue weighted by Gasteiger charge is 2.27. The van der Waals surface area contributed by atoms with Gasteiger partial charge in [-0.25, -0.2) is 13.1 Å². The van der Waals surface area contributed by atoms with Crippen LogP contribution < -0.4 is 14.2 Å². The molecule has 1 saturated carbocycles. The van der Waals surface area contributed by atoms with Crippen molar-refractivity contribution in [2.75, 3.05) is 13.2 Å². The van der Waals surface area contributed by atoms with E-state index in [0.29, 0.717) is 24.7 Å². The second kappa shape index (κ2) is 6.87. The van der Waals surface area contributed by atoms with E-state index < -0.39 is 10.0 Å². The lowest BCUT2D eigenvalue weighted by atomic mass is 10.0. The highest BCUT2D eigenvalue weighted by atomic mass is 32.2. The SMILES string of the molecule is O=S(=O)(NCc1cccc2c1OCCCO2)C1CCCCC1. The molecule has 1 aromatic rings. The fourth-order valence-electron chi connectivity index (χ4n) is 3.06. The number of fused-ring (bicyclic) bond motifs is 1. The van der Waals surface area contributed by atoms with Crippen LogP contribution in [0.4, 0.5) is 0 Å². The van der Waals surface area contributed by atoms with Crippen molar-refractivity contribution in [1.29, 1.82) is 0 Å². The van der Waals surface area contributed by atoms with Crippen LogP contribution in [0.3, 0.4) is 0 Å². The molecule has 122 valence electrons. The molecule has 0 aromatic heterocycles. The Morgan fingerprint density at radius 1 is 1.05 bits per heavy atom. The van der Waals surface area contributed by atoms with Gasteiger partial charge >= 0.3 is 0 Å². The van der Waals surface area contributed by atoms with Gasteiger partial charge in [-0.15, -0.1) is 0 Å². The summed E-state index contributed by atoms with van der Waals surface area (Å²) >= 11 is 0. The molecule has 0 amide bonds. The van der Waals surface area contributed by atoms with Crippen LogP contribution >= 0.6 is 0 Å². The predicted octanol–water partition coefficient (Wildman–Crippen LogP) is 2.60. The Bertz CT molecular complexity index is 609. The van der Waals surface area contributed by atoms with E-state index in [1.807, 2.05) is 18.2 Å². The molecule has 1 aliphatic carbocycles. The summed E-state index contributed by atoms with van der Waals surface area (Å²) in [5, 5.41) is -0.249. The fraction of sp³-hybridized carbons (Fsp3) is 0.625. The molecule has 1 fully saturated rings. The predicted molar refractivity (Wildman–Crippen MR) is 84.7 cm³/mol. The van der Waals surface area contributed by atoms with Gasteiger partial charge in [-0.05, 0) is 18.9 Å². The third-order valence-electron chi connectivity index (χ3n) is 4.31. The van der Waals surface area contributed by atoms with Crippen LogP contribution in [0.1, 0.15) is 44.1 Å². The highest BCUT2D eigenvalue weighted by Crippen LogP contribution is 2.33. The lowest BCUT2D eigenvalue weighted by Gasteiger charge is -2.22. The summed E-state index contributed by atoms with van der Waals surface area (Å²) in [5.41, 5.74) is 0.832. The van der Waals surface area contributed by atoms with E-state index >= 15 is 0 Å². The van der Waals surface area contributed by atoms with Crippen molar-refractivity contribution in [2.24, 2.45) is 0 Å². The van der Waals surface area contributed by atoms with Crippen molar-refractivity contribution < 1.29 is 17.9 Å². The summed E-state index contributed by atoms with van der Waals surface area (Å²) in [5.74, 6) is 1.37. The lowest BCUT2D eigenvalue weighted by Crippen LogP contribution is -2.35. The average molecular weight is 325 g/mol. The van der Waals surface area contributed by atoms with E-state index in [4.69, 9.17) is 9.47 Å². The molecule has 0 unspecified atom stereocenters. The molecular weight excluding hydrogens is 302 g/mol. The van der Waals surface area contributed by atoms with Crippen LogP contribution in [0.15, 0.2) is 18.2 Å². The first-order valence-corrected chi connectivity index (χ1v) is 9.57. The topological polar surface area (TPSA) is 64.6 Å². The molecule has 1 aromatic carbocycles. The lowest BCUT2D eigenvalue weighted by molar-refractivity contribution is 0.296. The molecule has 22 heavy (non-hydrogen) atoms. The number of hydrogen-bond donors (Lipinski definition) is 1. The van der Waals surface area contributed by atoms with Gasteiger partial charge in [0.2, 0.25) is 10.0 Å². The molecule has 1 heterocycles. The maximum Gasteiger partial charge on any atom is 0.214 e. The van der Waals surface area contributed by atoms with Crippen molar-refractivity contribution in [3.8, 4) is 11.5 Å². The number of hydrogen-bond acceptors (Lipinski definition) is 4. The molecule has 0 saturated heterocycles. The van der Waals surface area contributed by atoms with Crippen LogP contribution in [0.2, 0.25) is 0 Å². The van der Waals surface area contributed by atoms with E-state index in [9.17, 15) is 8.42 Å². The molecule has 0 spiro atoms. The van der Waals surface area contributed by atoms with Crippen molar-refractivity contribution in [2.45, 2.75) is 50.3 Å². The average Bonchev–Trinajstić information content (AvgIpc) is 2.79. The first kappa shape index (κ1) is 15.6. The maximum atomic E-state index is 12.4. The highest BCUT2D eigenvalue weighted by molar-refractivity contribution is 7.90. The third kappa shape index (κ3) is 3.55. The van der Waals surface area contributed by atoms with Gasteiger partial charge in [0.1, 0.15) is 0 Å². The van der Waals surface area contributed by atoms with Crippen LogP contribution in [0.25, 0.3) is 0 Å². The standard InChI is InChI=1S/C16H23NO4S/c18-22(19,14-7-2-1-3-8-14)17-12-13-6-4-9-15-16(13)21-11-5-10-20-15/h4,6,9,14,17H,1-3,5,7-8,10-12H2. The fourth-order valence-corrected chi connectivity index (χ4v) is 4.61. The van der Waals surface area contributed by atoms with Crippen molar-refractivity contribution in [1.82, 2.24) is 4.72 Å². The Morgan fingerprint density at radius 3 is 2.64 bits per heavy atom. The number of ether oxygens (including phenoxy) is 2. The van der Waals surface area contributed by atoms with Crippen LogP contribution in [0, 0.1) is 0 Å². The van der Waals surface area contributed by atoms with Crippen LogP contribution in [0.5, 0.6) is 11.5 Å².